The van der Waals surface area contributed by atoms with E-state index in [-0.39, 0.29) is 18.3 Å². The highest BCUT2D eigenvalue weighted by Crippen LogP contribution is 2.45. The van der Waals surface area contributed by atoms with Crippen LogP contribution in [-0.4, -0.2) is 26.4 Å². The van der Waals surface area contributed by atoms with Crippen LogP contribution in [0.3, 0.4) is 0 Å². The quantitative estimate of drug-likeness (QED) is 0.665. The van der Waals surface area contributed by atoms with Gasteiger partial charge in [0.05, 0.1) is 19.3 Å². The van der Waals surface area contributed by atoms with Gasteiger partial charge in [-0.1, -0.05) is 61.5 Å². The van der Waals surface area contributed by atoms with E-state index < -0.39 is 8.07 Å². The zero-order valence-electron chi connectivity index (χ0n) is 17.5. The van der Waals surface area contributed by atoms with E-state index in [1.54, 1.807) is 5.19 Å². The van der Waals surface area contributed by atoms with E-state index in [4.69, 9.17) is 9.31 Å². The van der Waals surface area contributed by atoms with Gasteiger partial charge in [-0.3, -0.25) is 0 Å². The van der Waals surface area contributed by atoms with Gasteiger partial charge in [0.2, 0.25) is 0 Å². The molecule has 1 aliphatic heterocycles. The van der Waals surface area contributed by atoms with Crippen LogP contribution in [0.15, 0.2) is 42.4 Å². The van der Waals surface area contributed by atoms with Crippen molar-refractivity contribution in [3.8, 4) is 0 Å². The Kier molecular flexibility index (Phi) is 5.33. The summed E-state index contributed by atoms with van der Waals surface area (Å²) in [4.78, 5) is 0. The minimum atomic E-state index is -1.49. The summed E-state index contributed by atoms with van der Waals surface area (Å²) in [6, 6.07) is 11.2. The smallest absolute Gasteiger partial charge is 0.400 e. The fraction of sp³-hybridized carbons (Fsp3) is 0.636. The molecule has 0 amide bonds. The summed E-state index contributed by atoms with van der Waals surface area (Å²) in [5, 5.41) is 1.58. The first-order valence-electron chi connectivity index (χ1n) is 10.1. The van der Waals surface area contributed by atoms with Crippen LogP contribution in [0, 0.1) is 5.92 Å². The molecule has 26 heavy (non-hydrogen) atoms. The van der Waals surface area contributed by atoms with Crippen molar-refractivity contribution in [1.82, 2.24) is 0 Å². The maximum atomic E-state index is 6.27. The molecule has 1 saturated carbocycles. The molecule has 0 spiro atoms. The fourth-order valence-electron chi connectivity index (χ4n) is 4.47. The molecule has 0 aromatic heterocycles. The number of hydrogen-bond acceptors (Lipinski definition) is 2. The van der Waals surface area contributed by atoms with Crippen molar-refractivity contribution in [2.24, 2.45) is 5.92 Å². The summed E-state index contributed by atoms with van der Waals surface area (Å²) in [7, 11) is -1.74. The summed E-state index contributed by atoms with van der Waals surface area (Å²) < 4.78 is 12.5. The van der Waals surface area contributed by atoms with Gasteiger partial charge in [0.15, 0.2) is 0 Å². The second kappa shape index (κ2) is 6.96. The summed E-state index contributed by atoms with van der Waals surface area (Å²) >= 11 is 0. The summed E-state index contributed by atoms with van der Waals surface area (Å²) in [6.45, 7) is 18.0. The molecule has 0 N–H and O–H groups in total. The van der Waals surface area contributed by atoms with Crippen LogP contribution in [-0.2, 0) is 9.31 Å². The molecule has 1 heterocycles. The Morgan fingerprint density at radius 1 is 1.04 bits per heavy atom. The summed E-state index contributed by atoms with van der Waals surface area (Å²) in [6.07, 6.45) is 5.09. The van der Waals surface area contributed by atoms with Crippen molar-refractivity contribution in [3.05, 3.63) is 42.4 Å². The lowest BCUT2D eigenvalue weighted by molar-refractivity contribution is 0.00578. The Morgan fingerprint density at radius 3 is 2.19 bits per heavy atom. The van der Waals surface area contributed by atoms with E-state index in [9.17, 15) is 0 Å². The van der Waals surface area contributed by atoms with Crippen LogP contribution in [0.5, 0.6) is 0 Å². The van der Waals surface area contributed by atoms with E-state index >= 15 is 0 Å². The lowest BCUT2D eigenvalue weighted by atomic mass is 9.67. The second-order valence-corrected chi connectivity index (χ2v) is 14.6. The normalized spacial score (nSPS) is 28.2. The van der Waals surface area contributed by atoms with E-state index in [0.29, 0.717) is 5.92 Å². The zero-order valence-corrected chi connectivity index (χ0v) is 18.5. The van der Waals surface area contributed by atoms with Crippen molar-refractivity contribution >= 4 is 20.4 Å². The third-order valence-corrected chi connectivity index (χ3v) is 11.7. The second-order valence-electron chi connectivity index (χ2n) is 9.81. The Labute approximate surface area is 161 Å². The molecular weight excluding hydrogens is 335 g/mol. The Bertz CT molecular complexity index is 637. The lowest BCUT2D eigenvalue weighted by Crippen LogP contribution is -2.47. The van der Waals surface area contributed by atoms with Gasteiger partial charge >= 0.3 is 7.12 Å². The van der Waals surface area contributed by atoms with E-state index in [0.717, 1.165) is 11.0 Å². The van der Waals surface area contributed by atoms with Gasteiger partial charge < -0.3 is 9.31 Å². The molecule has 1 aromatic carbocycles. The van der Waals surface area contributed by atoms with Gasteiger partial charge in [0.25, 0.3) is 0 Å². The molecule has 1 aliphatic carbocycles. The summed E-state index contributed by atoms with van der Waals surface area (Å²) in [5.74, 6) is 0.513. The van der Waals surface area contributed by atoms with E-state index in [2.05, 4.69) is 77.7 Å². The molecule has 0 bridgehead atoms. The van der Waals surface area contributed by atoms with Crippen LogP contribution in [0.2, 0.25) is 18.6 Å². The molecule has 1 aromatic rings. The molecule has 2 aliphatic rings. The first-order chi connectivity index (χ1) is 12.0. The monoisotopic (exact) mass is 370 g/mol. The Balaban J connectivity index is 1.72. The maximum absolute atomic E-state index is 6.27. The third kappa shape index (κ3) is 3.61. The van der Waals surface area contributed by atoms with Crippen molar-refractivity contribution in [3.63, 3.8) is 0 Å². The fourth-order valence-corrected chi connectivity index (χ4v) is 7.79. The van der Waals surface area contributed by atoms with Crippen LogP contribution in [0.25, 0.3) is 0 Å². The van der Waals surface area contributed by atoms with Gasteiger partial charge in [-0.15, -0.1) is 6.58 Å². The van der Waals surface area contributed by atoms with Crippen molar-refractivity contribution in [2.75, 3.05) is 0 Å². The number of rotatable bonds is 4. The highest BCUT2D eigenvalue weighted by molar-refractivity contribution is 6.91. The number of benzene rings is 1. The minimum absolute atomic E-state index is 0.259. The predicted molar refractivity (Wildman–Crippen MR) is 114 cm³/mol. The minimum Gasteiger partial charge on any atom is -0.400 e. The summed E-state index contributed by atoms with van der Waals surface area (Å²) in [5.41, 5.74) is 1.38. The average Bonchev–Trinajstić information content (AvgIpc) is 2.83. The van der Waals surface area contributed by atoms with Gasteiger partial charge in [0, 0.05) is 0 Å². The van der Waals surface area contributed by atoms with Crippen LogP contribution in [0.4, 0.5) is 0 Å². The first-order valence-corrected chi connectivity index (χ1v) is 13.2. The molecule has 142 valence electrons. The Morgan fingerprint density at radius 2 is 1.62 bits per heavy atom. The standard InChI is InChI=1S/C22H35BO2Si/c1-17(23-24-21(2,3)22(4,5)25-23)18-12-11-15-20(16-18)26(6,7)19-13-9-8-10-14-19/h8-10,13-14,18,20H,1,11-12,15-16H2,2-7H3/t18-,20+/m0/s1. The molecule has 0 unspecified atom stereocenters. The van der Waals surface area contributed by atoms with Gasteiger partial charge in [-0.05, 0) is 57.5 Å². The SMILES string of the molecule is C=C(B1OC(C)(C)C(C)(C)O1)[C@H]1CCC[C@@H]([Si](C)(C)c2ccccc2)C1. The van der Waals surface area contributed by atoms with Crippen molar-refractivity contribution < 1.29 is 9.31 Å². The first kappa shape index (κ1) is 19.9. The van der Waals surface area contributed by atoms with Crippen molar-refractivity contribution in [2.45, 2.75) is 83.2 Å². The van der Waals surface area contributed by atoms with E-state index in [1.807, 2.05) is 0 Å². The molecule has 0 radical (unpaired) electrons. The zero-order chi connectivity index (χ0) is 19.2. The molecule has 2 atom stereocenters. The predicted octanol–water partition coefficient (Wildman–Crippen LogP) is 5.35. The number of allylic oxidation sites excluding steroid dienone is 1. The van der Waals surface area contributed by atoms with Gasteiger partial charge in [-0.2, -0.15) is 0 Å². The molecular formula is C22H35BO2Si. The topological polar surface area (TPSA) is 18.5 Å². The maximum Gasteiger partial charge on any atom is 0.490 e. The van der Waals surface area contributed by atoms with E-state index in [1.165, 1.54) is 25.7 Å². The van der Waals surface area contributed by atoms with Crippen LogP contribution in [0.1, 0.15) is 53.4 Å². The van der Waals surface area contributed by atoms with Crippen LogP contribution >= 0.6 is 0 Å². The molecule has 1 saturated heterocycles. The highest BCUT2D eigenvalue weighted by atomic mass is 28.3. The van der Waals surface area contributed by atoms with Crippen LogP contribution < -0.4 is 5.19 Å². The average molecular weight is 370 g/mol. The number of hydrogen-bond donors (Lipinski definition) is 0. The molecule has 4 heteroatoms. The van der Waals surface area contributed by atoms with Gasteiger partial charge in [-0.25, -0.2) is 0 Å². The van der Waals surface area contributed by atoms with Gasteiger partial charge in [0.1, 0.15) is 0 Å². The molecule has 2 fully saturated rings. The lowest BCUT2D eigenvalue weighted by Gasteiger charge is -2.40. The largest absolute Gasteiger partial charge is 0.490 e. The van der Waals surface area contributed by atoms with Crippen molar-refractivity contribution in [1.29, 1.82) is 0 Å². The molecule has 2 nitrogen and oxygen atoms in total. The molecule has 3 rings (SSSR count). The highest BCUT2D eigenvalue weighted by Gasteiger charge is 2.53. The third-order valence-electron chi connectivity index (χ3n) is 7.29. The Hall–Kier alpha value is -0.838.